The highest BCUT2D eigenvalue weighted by Crippen LogP contribution is 2.39. The van der Waals surface area contributed by atoms with Crippen LogP contribution in [0.3, 0.4) is 0 Å². The van der Waals surface area contributed by atoms with Crippen molar-refractivity contribution in [3.05, 3.63) is 5.82 Å². The molecule has 1 aliphatic rings. The fraction of sp³-hybridized carbons (Fsp3) is 0.923. The van der Waals surface area contributed by atoms with Crippen molar-refractivity contribution >= 4 is 0 Å². The lowest BCUT2D eigenvalue weighted by Crippen LogP contribution is -2.46. The fourth-order valence-corrected chi connectivity index (χ4v) is 3.11. The summed E-state index contributed by atoms with van der Waals surface area (Å²) >= 11 is 0. The van der Waals surface area contributed by atoms with Crippen molar-refractivity contribution in [2.24, 2.45) is 12.5 Å². The van der Waals surface area contributed by atoms with Gasteiger partial charge in [-0.2, -0.15) is 4.80 Å². The summed E-state index contributed by atoms with van der Waals surface area (Å²) in [6, 6.07) is 0.465. The Morgan fingerprint density at radius 1 is 1.33 bits per heavy atom. The molecule has 1 aliphatic carbocycles. The standard InChI is InChI=1S/C13H25N5/c1-4-14-11(10-12-15-17-18(3)16-12)13(2)8-6-5-7-9-13/h11,14H,4-10H2,1-3H3. The maximum absolute atomic E-state index is 4.31. The molecule has 18 heavy (non-hydrogen) atoms. The highest BCUT2D eigenvalue weighted by atomic mass is 15.6. The Balaban J connectivity index is 2.06. The first-order valence-corrected chi connectivity index (χ1v) is 7.10. The smallest absolute Gasteiger partial charge is 0.176 e. The molecule has 1 aromatic heterocycles. The number of tetrazole rings is 1. The second-order valence-electron chi connectivity index (χ2n) is 5.72. The molecular formula is C13H25N5. The molecule has 1 saturated carbocycles. The number of aromatic nitrogens is 4. The van der Waals surface area contributed by atoms with Crippen LogP contribution >= 0.6 is 0 Å². The Hall–Kier alpha value is -0.970. The second-order valence-corrected chi connectivity index (χ2v) is 5.72. The molecule has 2 rings (SSSR count). The zero-order valence-electron chi connectivity index (χ0n) is 11.8. The average molecular weight is 251 g/mol. The maximum Gasteiger partial charge on any atom is 0.176 e. The highest BCUT2D eigenvalue weighted by molar-refractivity contribution is 4.95. The van der Waals surface area contributed by atoms with Crippen LogP contribution in [0.5, 0.6) is 0 Å². The van der Waals surface area contributed by atoms with E-state index in [0.29, 0.717) is 11.5 Å². The minimum Gasteiger partial charge on any atom is -0.313 e. The van der Waals surface area contributed by atoms with Crippen LogP contribution in [-0.2, 0) is 13.5 Å². The third-order valence-corrected chi connectivity index (χ3v) is 4.22. The van der Waals surface area contributed by atoms with Crippen molar-refractivity contribution in [3.63, 3.8) is 0 Å². The molecule has 1 atom stereocenters. The second kappa shape index (κ2) is 5.78. The van der Waals surface area contributed by atoms with Crippen LogP contribution in [0.1, 0.15) is 51.8 Å². The topological polar surface area (TPSA) is 55.6 Å². The van der Waals surface area contributed by atoms with Gasteiger partial charge < -0.3 is 5.32 Å². The summed E-state index contributed by atoms with van der Waals surface area (Å²) in [6.07, 6.45) is 7.60. The van der Waals surface area contributed by atoms with Gasteiger partial charge in [-0.15, -0.1) is 10.2 Å². The van der Waals surface area contributed by atoms with Gasteiger partial charge in [0.1, 0.15) is 0 Å². The lowest BCUT2D eigenvalue weighted by atomic mass is 9.69. The number of likely N-dealkylation sites (N-methyl/N-ethyl adjacent to an activating group) is 1. The van der Waals surface area contributed by atoms with Crippen LogP contribution in [-0.4, -0.2) is 32.8 Å². The zero-order chi connectivity index (χ0) is 13.0. The SMILES string of the molecule is CCNC(Cc1nnn(C)n1)C1(C)CCCCC1. The number of aryl methyl sites for hydroxylation is 1. The van der Waals surface area contributed by atoms with E-state index in [1.807, 2.05) is 7.05 Å². The van der Waals surface area contributed by atoms with E-state index in [2.05, 4.69) is 34.6 Å². The summed E-state index contributed by atoms with van der Waals surface area (Å²) < 4.78 is 0. The van der Waals surface area contributed by atoms with Gasteiger partial charge in [0.2, 0.25) is 0 Å². The Kier molecular flexibility index (Phi) is 4.32. The van der Waals surface area contributed by atoms with Gasteiger partial charge in [-0.3, -0.25) is 0 Å². The molecule has 0 aromatic carbocycles. The van der Waals surface area contributed by atoms with Crippen LogP contribution in [0.25, 0.3) is 0 Å². The van der Waals surface area contributed by atoms with E-state index in [4.69, 9.17) is 0 Å². The van der Waals surface area contributed by atoms with Crippen molar-refractivity contribution in [1.29, 1.82) is 0 Å². The van der Waals surface area contributed by atoms with Gasteiger partial charge in [0.05, 0.1) is 7.05 Å². The summed E-state index contributed by atoms with van der Waals surface area (Å²) in [4.78, 5) is 1.54. The normalized spacial score (nSPS) is 20.8. The predicted molar refractivity (Wildman–Crippen MR) is 71.2 cm³/mol. The number of nitrogens with zero attached hydrogens (tertiary/aromatic N) is 4. The first kappa shape index (κ1) is 13.5. The van der Waals surface area contributed by atoms with Gasteiger partial charge in [0.15, 0.2) is 5.82 Å². The molecule has 1 unspecified atom stereocenters. The van der Waals surface area contributed by atoms with Crippen molar-refractivity contribution < 1.29 is 0 Å². The van der Waals surface area contributed by atoms with E-state index in [1.165, 1.54) is 32.1 Å². The van der Waals surface area contributed by atoms with Crippen molar-refractivity contribution in [1.82, 2.24) is 25.5 Å². The summed E-state index contributed by atoms with van der Waals surface area (Å²) in [7, 11) is 1.82. The molecule has 1 heterocycles. The Morgan fingerprint density at radius 2 is 2.06 bits per heavy atom. The van der Waals surface area contributed by atoms with Crippen molar-refractivity contribution in [3.8, 4) is 0 Å². The van der Waals surface area contributed by atoms with E-state index < -0.39 is 0 Å². The molecule has 1 fully saturated rings. The first-order valence-electron chi connectivity index (χ1n) is 7.10. The Labute approximate surface area is 109 Å². The van der Waals surface area contributed by atoms with Crippen LogP contribution in [0, 0.1) is 5.41 Å². The van der Waals surface area contributed by atoms with Crippen LogP contribution in [0.4, 0.5) is 0 Å². The molecule has 0 amide bonds. The van der Waals surface area contributed by atoms with Gasteiger partial charge in [-0.1, -0.05) is 33.1 Å². The molecule has 1 aromatic rings. The van der Waals surface area contributed by atoms with E-state index in [9.17, 15) is 0 Å². The number of rotatable bonds is 5. The van der Waals surface area contributed by atoms with Crippen LogP contribution < -0.4 is 5.32 Å². The van der Waals surface area contributed by atoms with Gasteiger partial charge >= 0.3 is 0 Å². The molecule has 0 bridgehead atoms. The average Bonchev–Trinajstić information content (AvgIpc) is 2.75. The van der Waals surface area contributed by atoms with E-state index in [-0.39, 0.29) is 0 Å². The van der Waals surface area contributed by atoms with Gasteiger partial charge in [0.25, 0.3) is 0 Å². The predicted octanol–water partition coefficient (Wildman–Crippen LogP) is 1.70. The molecule has 5 nitrogen and oxygen atoms in total. The van der Waals surface area contributed by atoms with Gasteiger partial charge in [-0.25, -0.2) is 0 Å². The lowest BCUT2D eigenvalue weighted by Gasteiger charge is -2.41. The minimum atomic E-state index is 0.382. The highest BCUT2D eigenvalue weighted by Gasteiger charge is 2.35. The first-order chi connectivity index (χ1) is 8.64. The minimum absolute atomic E-state index is 0.382. The lowest BCUT2D eigenvalue weighted by molar-refractivity contribution is 0.143. The van der Waals surface area contributed by atoms with Crippen LogP contribution in [0.15, 0.2) is 0 Å². The largest absolute Gasteiger partial charge is 0.313 e. The monoisotopic (exact) mass is 251 g/mol. The van der Waals surface area contributed by atoms with Gasteiger partial charge in [-0.05, 0) is 30.0 Å². The zero-order valence-corrected chi connectivity index (χ0v) is 11.8. The number of hydrogen-bond donors (Lipinski definition) is 1. The summed E-state index contributed by atoms with van der Waals surface area (Å²) in [5.41, 5.74) is 0.382. The third kappa shape index (κ3) is 3.07. The van der Waals surface area contributed by atoms with Gasteiger partial charge in [0, 0.05) is 12.5 Å². The van der Waals surface area contributed by atoms with Crippen molar-refractivity contribution in [2.45, 2.75) is 58.4 Å². The Morgan fingerprint density at radius 3 is 2.61 bits per heavy atom. The summed E-state index contributed by atoms with van der Waals surface area (Å²) in [5, 5.41) is 16.0. The Bertz CT molecular complexity index is 367. The maximum atomic E-state index is 4.31. The van der Waals surface area contributed by atoms with Crippen LogP contribution in [0.2, 0.25) is 0 Å². The molecule has 102 valence electrons. The van der Waals surface area contributed by atoms with E-state index in [1.54, 1.807) is 4.80 Å². The van der Waals surface area contributed by atoms with Crippen molar-refractivity contribution in [2.75, 3.05) is 6.54 Å². The number of hydrogen-bond acceptors (Lipinski definition) is 4. The molecule has 1 N–H and O–H groups in total. The number of nitrogens with one attached hydrogen (secondary N) is 1. The molecule has 0 radical (unpaired) electrons. The fourth-order valence-electron chi connectivity index (χ4n) is 3.11. The molecule has 5 heteroatoms. The molecule has 0 spiro atoms. The van der Waals surface area contributed by atoms with E-state index >= 15 is 0 Å². The molecule has 0 saturated heterocycles. The summed E-state index contributed by atoms with van der Waals surface area (Å²) in [6.45, 7) is 5.58. The third-order valence-electron chi connectivity index (χ3n) is 4.22. The molecule has 0 aliphatic heterocycles. The summed E-state index contributed by atoms with van der Waals surface area (Å²) in [5.74, 6) is 0.857. The molecular weight excluding hydrogens is 226 g/mol. The quantitative estimate of drug-likeness (QED) is 0.865. The van der Waals surface area contributed by atoms with E-state index in [0.717, 1.165) is 18.8 Å².